The van der Waals surface area contributed by atoms with E-state index in [1.54, 1.807) is 19.6 Å². The molecular formula is C35H36N4O4. The minimum Gasteiger partial charge on any atom is -0.480 e. The molecule has 2 amide bonds. The molecule has 2 fully saturated rings. The van der Waals surface area contributed by atoms with E-state index in [2.05, 4.69) is 0 Å². The van der Waals surface area contributed by atoms with Crippen LogP contribution in [0, 0.1) is 0 Å². The summed E-state index contributed by atoms with van der Waals surface area (Å²) < 4.78 is 0. The van der Waals surface area contributed by atoms with Crippen LogP contribution in [0.5, 0.6) is 0 Å². The van der Waals surface area contributed by atoms with Crippen molar-refractivity contribution >= 4 is 23.4 Å². The van der Waals surface area contributed by atoms with Crippen LogP contribution < -0.4 is 4.90 Å². The largest absolute Gasteiger partial charge is 0.480 e. The van der Waals surface area contributed by atoms with Crippen molar-refractivity contribution in [2.45, 2.75) is 50.4 Å². The number of fused-ring (bicyclic) bond motifs is 2. The van der Waals surface area contributed by atoms with E-state index in [9.17, 15) is 19.8 Å². The summed E-state index contributed by atoms with van der Waals surface area (Å²) in [6.07, 6.45) is -0.0291. The number of carboxylic acids is 1. The van der Waals surface area contributed by atoms with E-state index in [0.29, 0.717) is 25.9 Å². The van der Waals surface area contributed by atoms with Gasteiger partial charge in [-0.1, -0.05) is 97.1 Å². The predicted octanol–water partition coefficient (Wildman–Crippen LogP) is 5.52. The van der Waals surface area contributed by atoms with Crippen LogP contribution >= 0.6 is 0 Å². The van der Waals surface area contributed by atoms with Crippen LogP contribution in [0.2, 0.25) is 0 Å². The molecule has 220 valence electrons. The van der Waals surface area contributed by atoms with Crippen LogP contribution in [-0.2, 0) is 17.9 Å². The summed E-state index contributed by atoms with van der Waals surface area (Å²) in [6, 6.07) is 36.6. The number of nitrogens with zero attached hydrogens (tertiary/aromatic N) is 4. The van der Waals surface area contributed by atoms with Gasteiger partial charge in [-0.15, -0.1) is 0 Å². The normalized spacial score (nSPS) is 20.4. The summed E-state index contributed by atoms with van der Waals surface area (Å²) in [6.45, 7) is 1.05. The molecule has 0 saturated carbocycles. The van der Waals surface area contributed by atoms with E-state index in [-0.39, 0.29) is 18.6 Å². The fourth-order valence-electron chi connectivity index (χ4n) is 6.53. The molecule has 1 unspecified atom stereocenters. The summed E-state index contributed by atoms with van der Waals surface area (Å²) in [4.78, 5) is 34.3. The molecule has 2 aliphatic heterocycles. The maximum Gasteiger partial charge on any atom is 0.323 e. The molecule has 0 aromatic heterocycles. The lowest BCUT2D eigenvalue weighted by atomic mass is 10.0. The zero-order valence-electron chi connectivity index (χ0n) is 23.9. The first-order valence-corrected chi connectivity index (χ1v) is 14.7. The molecule has 2 bridgehead atoms. The van der Waals surface area contributed by atoms with Crippen LogP contribution in [-0.4, -0.2) is 67.9 Å². The van der Waals surface area contributed by atoms with Gasteiger partial charge in [-0.25, -0.2) is 9.69 Å². The zero-order chi connectivity index (χ0) is 29.8. The Labute approximate surface area is 252 Å². The third-order valence-corrected chi connectivity index (χ3v) is 8.46. The monoisotopic (exact) mass is 576 g/mol. The van der Waals surface area contributed by atoms with Crippen LogP contribution in [0.4, 0.5) is 16.2 Å². The van der Waals surface area contributed by atoms with Gasteiger partial charge in [0, 0.05) is 37.1 Å². The number of aliphatic hydroxyl groups is 1. The fraction of sp³-hybridized carbons (Fsp3) is 0.257. The average Bonchev–Trinajstić information content (AvgIpc) is 3.34. The Morgan fingerprint density at radius 3 is 1.65 bits per heavy atom. The van der Waals surface area contributed by atoms with Crippen LogP contribution in [0.25, 0.3) is 0 Å². The molecule has 2 heterocycles. The molecular weight excluding hydrogens is 540 g/mol. The van der Waals surface area contributed by atoms with Gasteiger partial charge in [-0.05, 0) is 48.2 Å². The number of carbonyl (C=O) groups excluding carboxylic acids is 1. The van der Waals surface area contributed by atoms with Gasteiger partial charge in [-0.2, -0.15) is 0 Å². The van der Waals surface area contributed by atoms with Gasteiger partial charge in [-0.3, -0.25) is 4.79 Å². The topological polar surface area (TPSA) is 87.6 Å². The van der Waals surface area contributed by atoms with Crippen molar-refractivity contribution in [2.75, 3.05) is 11.4 Å². The Morgan fingerprint density at radius 1 is 0.721 bits per heavy atom. The Bertz CT molecular complexity index is 1430. The number of amides is 2. The molecule has 0 spiro atoms. The lowest BCUT2D eigenvalue weighted by Crippen LogP contribution is -2.68. The molecule has 4 aromatic rings. The van der Waals surface area contributed by atoms with Gasteiger partial charge in [0.2, 0.25) is 0 Å². The van der Waals surface area contributed by atoms with E-state index >= 15 is 0 Å². The first-order chi connectivity index (χ1) is 21.0. The number of benzene rings is 4. The number of para-hydroxylation sites is 2. The summed E-state index contributed by atoms with van der Waals surface area (Å²) in [5, 5.41) is 22.5. The lowest BCUT2D eigenvalue weighted by Gasteiger charge is -2.49. The summed E-state index contributed by atoms with van der Waals surface area (Å²) >= 11 is 0. The summed E-state index contributed by atoms with van der Waals surface area (Å²) in [5.41, 5.74) is 3.50. The quantitative estimate of drug-likeness (QED) is 0.255. The molecule has 2 saturated heterocycles. The van der Waals surface area contributed by atoms with Gasteiger partial charge in [0.15, 0.2) is 6.35 Å². The Morgan fingerprint density at radius 2 is 1.19 bits per heavy atom. The van der Waals surface area contributed by atoms with Crippen molar-refractivity contribution in [3.8, 4) is 0 Å². The Kier molecular flexibility index (Phi) is 8.40. The number of rotatable bonds is 9. The van der Waals surface area contributed by atoms with E-state index in [4.69, 9.17) is 0 Å². The van der Waals surface area contributed by atoms with Crippen molar-refractivity contribution < 1.29 is 19.8 Å². The molecule has 2 N–H and O–H groups in total. The van der Waals surface area contributed by atoms with Crippen LogP contribution in [0.3, 0.4) is 0 Å². The van der Waals surface area contributed by atoms with Gasteiger partial charge in [0.05, 0.1) is 6.04 Å². The maximum atomic E-state index is 14.4. The molecule has 4 atom stereocenters. The highest BCUT2D eigenvalue weighted by Gasteiger charge is 2.54. The number of anilines is 2. The third kappa shape index (κ3) is 5.98. The number of carboxylic acid groups (broad SMARTS) is 1. The number of likely N-dealkylation sites (tertiary alicyclic amines) is 1. The molecule has 8 heteroatoms. The molecule has 43 heavy (non-hydrogen) atoms. The number of urea groups is 1. The van der Waals surface area contributed by atoms with Gasteiger partial charge < -0.3 is 24.9 Å². The third-order valence-electron chi connectivity index (χ3n) is 8.46. The zero-order valence-corrected chi connectivity index (χ0v) is 23.9. The standard InChI is InChI=1S/C35H36N4O4/c40-33(41)32-31-22-21-30(25-37(32)35(43)38(28-17-9-3-10-18-28)29-19-11-4-12-20-29)39(31)34(42)36(23-26-13-5-1-6-14-26)24-27-15-7-2-8-16-27/h1-20,30-32,35,43H,21-25H2,(H,40,41)/t30-,31+,32-,35?/m0/s1. The first kappa shape index (κ1) is 28.5. The van der Waals surface area contributed by atoms with Crippen LogP contribution in [0.15, 0.2) is 121 Å². The second kappa shape index (κ2) is 12.7. The van der Waals surface area contributed by atoms with E-state index in [0.717, 1.165) is 22.5 Å². The van der Waals surface area contributed by atoms with E-state index in [1.807, 2.05) is 121 Å². The van der Waals surface area contributed by atoms with Gasteiger partial charge in [0.25, 0.3) is 0 Å². The number of hydrogen-bond donors (Lipinski definition) is 2. The number of piperazine rings is 1. The molecule has 4 aromatic carbocycles. The lowest BCUT2D eigenvalue weighted by molar-refractivity contribution is -0.156. The highest BCUT2D eigenvalue weighted by Crippen LogP contribution is 2.39. The second-order valence-electron chi connectivity index (χ2n) is 11.2. The van der Waals surface area contributed by atoms with Crippen molar-refractivity contribution in [2.24, 2.45) is 0 Å². The van der Waals surface area contributed by atoms with Gasteiger partial charge in [0.1, 0.15) is 6.04 Å². The highest BCUT2D eigenvalue weighted by molar-refractivity contribution is 5.80. The van der Waals surface area contributed by atoms with Crippen molar-refractivity contribution in [1.29, 1.82) is 0 Å². The highest BCUT2D eigenvalue weighted by atomic mass is 16.4. The Hall–Kier alpha value is -4.66. The van der Waals surface area contributed by atoms with Crippen molar-refractivity contribution in [3.05, 3.63) is 132 Å². The maximum absolute atomic E-state index is 14.4. The number of aliphatic carboxylic acids is 1. The minimum absolute atomic E-state index is 0.177. The molecule has 0 radical (unpaired) electrons. The second-order valence-corrected chi connectivity index (χ2v) is 11.2. The SMILES string of the molecule is O=C(O)[C@@H]1[C@H]2CC[C@@H](CN1C(O)N(c1ccccc1)c1ccccc1)N2C(=O)N(Cc1ccccc1)Cc1ccccc1. The minimum atomic E-state index is -1.25. The summed E-state index contributed by atoms with van der Waals surface area (Å²) in [7, 11) is 0. The Balaban J connectivity index is 1.31. The molecule has 8 nitrogen and oxygen atoms in total. The van der Waals surface area contributed by atoms with Crippen LogP contribution in [0.1, 0.15) is 24.0 Å². The van der Waals surface area contributed by atoms with E-state index < -0.39 is 24.4 Å². The van der Waals surface area contributed by atoms with Crippen molar-refractivity contribution in [3.63, 3.8) is 0 Å². The average molecular weight is 577 g/mol. The number of aliphatic hydroxyl groups excluding tert-OH is 1. The number of hydrogen-bond acceptors (Lipinski definition) is 5. The van der Waals surface area contributed by atoms with Crippen molar-refractivity contribution in [1.82, 2.24) is 14.7 Å². The fourth-order valence-corrected chi connectivity index (χ4v) is 6.53. The molecule has 2 aliphatic rings. The first-order valence-electron chi connectivity index (χ1n) is 14.7. The smallest absolute Gasteiger partial charge is 0.323 e. The number of carbonyl (C=O) groups is 2. The van der Waals surface area contributed by atoms with Gasteiger partial charge >= 0.3 is 12.0 Å². The predicted molar refractivity (Wildman–Crippen MR) is 165 cm³/mol. The van der Waals surface area contributed by atoms with E-state index in [1.165, 1.54) is 0 Å². The molecule has 6 rings (SSSR count). The summed E-state index contributed by atoms with van der Waals surface area (Å²) in [5.74, 6) is -1.05. The molecule has 0 aliphatic carbocycles.